The van der Waals surface area contributed by atoms with E-state index in [-0.39, 0.29) is 6.10 Å². The molecule has 1 fully saturated rings. The molecule has 5 heteroatoms. The van der Waals surface area contributed by atoms with Crippen LogP contribution in [0.2, 0.25) is 0 Å². The highest BCUT2D eigenvalue weighted by Crippen LogP contribution is 2.29. The summed E-state index contributed by atoms with van der Waals surface area (Å²) >= 11 is 1.83. The maximum atomic E-state index is 5.93. The molecular formula is C15H27N3OS. The summed E-state index contributed by atoms with van der Waals surface area (Å²) in [6, 6.07) is 0. The number of nitrogens with zero attached hydrogens (tertiary/aromatic N) is 2. The molecule has 0 aromatic carbocycles. The minimum absolute atomic E-state index is 0.166. The summed E-state index contributed by atoms with van der Waals surface area (Å²) in [6.45, 7) is 12.5. The van der Waals surface area contributed by atoms with E-state index in [1.165, 1.54) is 15.6 Å². The topological polar surface area (TPSA) is 37.4 Å². The minimum atomic E-state index is 0.166. The quantitative estimate of drug-likeness (QED) is 0.839. The Balaban J connectivity index is 2.10. The van der Waals surface area contributed by atoms with Crippen LogP contribution in [0.1, 0.15) is 48.9 Å². The van der Waals surface area contributed by atoms with Crippen LogP contribution in [0.5, 0.6) is 0 Å². The molecule has 1 unspecified atom stereocenters. The fourth-order valence-corrected chi connectivity index (χ4v) is 3.61. The van der Waals surface area contributed by atoms with Gasteiger partial charge >= 0.3 is 0 Å². The number of rotatable bonds is 7. The van der Waals surface area contributed by atoms with Crippen molar-refractivity contribution in [2.24, 2.45) is 0 Å². The van der Waals surface area contributed by atoms with Gasteiger partial charge in [0.05, 0.1) is 12.3 Å². The first-order valence-electron chi connectivity index (χ1n) is 7.81. The third kappa shape index (κ3) is 4.01. The molecule has 1 N–H and O–H groups in total. The maximum absolute atomic E-state index is 5.93. The van der Waals surface area contributed by atoms with Gasteiger partial charge in [-0.25, -0.2) is 4.98 Å². The van der Waals surface area contributed by atoms with Gasteiger partial charge in [0.2, 0.25) is 0 Å². The Hall–Kier alpha value is -0.490. The molecule has 1 aliphatic rings. The van der Waals surface area contributed by atoms with E-state index in [4.69, 9.17) is 9.72 Å². The molecule has 114 valence electrons. The highest BCUT2D eigenvalue weighted by Gasteiger charge is 2.25. The Morgan fingerprint density at radius 3 is 2.95 bits per heavy atom. The summed E-state index contributed by atoms with van der Waals surface area (Å²) < 4.78 is 5.93. The van der Waals surface area contributed by atoms with E-state index in [1.807, 2.05) is 11.3 Å². The fraction of sp³-hybridized carbons (Fsp3) is 0.800. The Morgan fingerprint density at radius 1 is 1.40 bits per heavy atom. The van der Waals surface area contributed by atoms with Crippen molar-refractivity contribution in [3.63, 3.8) is 0 Å². The van der Waals surface area contributed by atoms with E-state index in [2.05, 4.69) is 31.0 Å². The van der Waals surface area contributed by atoms with Crippen molar-refractivity contribution in [2.75, 3.05) is 32.8 Å². The van der Waals surface area contributed by atoms with Crippen molar-refractivity contribution in [1.29, 1.82) is 0 Å². The zero-order valence-electron chi connectivity index (χ0n) is 12.9. The van der Waals surface area contributed by atoms with Crippen LogP contribution >= 0.6 is 11.3 Å². The molecule has 0 aliphatic carbocycles. The maximum Gasteiger partial charge on any atom is 0.123 e. The largest absolute Gasteiger partial charge is 0.368 e. The van der Waals surface area contributed by atoms with E-state index in [1.54, 1.807) is 0 Å². The molecule has 2 heterocycles. The highest BCUT2D eigenvalue weighted by molar-refractivity contribution is 7.11. The van der Waals surface area contributed by atoms with Crippen molar-refractivity contribution in [3.8, 4) is 0 Å². The molecule has 0 saturated carbocycles. The van der Waals surface area contributed by atoms with Crippen LogP contribution in [0, 0.1) is 0 Å². The predicted molar refractivity (Wildman–Crippen MR) is 84.3 cm³/mol. The monoisotopic (exact) mass is 297 g/mol. The van der Waals surface area contributed by atoms with Crippen LogP contribution in [0.4, 0.5) is 0 Å². The Kier molecular flexibility index (Phi) is 6.42. The van der Waals surface area contributed by atoms with E-state index < -0.39 is 0 Å². The van der Waals surface area contributed by atoms with E-state index >= 15 is 0 Å². The Morgan fingerprint density at radius 2 is 2.25 bits per heavy atom. The number of morpholine rings is 1. The molecule has 4 nitrogen and oxygen atoms in total. The summed E-state index contributed by atoms with van der Waals surface area (Å²) in [5, 5.41) is 4.58. The number of thiazole rings is 1. The molecule has 1 atom stereocenters. The predicted octanol–water partition coefficient (Wildman–Crippen LogP) is 2.60. The molecule has 0 radical (unpaired) electrons. The summed E-state index contributed by atoms with van der Waals surface area (Å²) in [6.07, 6.45) is 2.38. The zero-order valence-corrected chi connectivity index (χ0v) is 13.8. The van der Waals surface area contributed by atoms with Crippen molar-refractivity contribution in [1.82, 2.24) is 15.2 Å². The van der Waals surface area contributed by atoms with E-state index in [0.717, 1.165) is 52.2 Å². The summed E-state index contributed by atoms with van der Waals surface area (Å²) in [5.74, 6) is 0. The van der Waals surface area contributed by atoms with Crippen molar-refractivity contribution < 1.29 is 4.74 Å². The van der Waals surface area contributed by atoms with Crippen molar-refractivity contribution in [2.45, 2.75) is 46.3 Å². The molecule has 0 amide bonds. The van der Waals surface area contributed by atoms with E-state index in [9.17, 15) is 0 Å². The summed E-state index contributed by atoms with van der Waals surface area (Å²) in [4.78, 5) is 8.71. The van der Waals surface area contributed by atoms with Gasteiger partial charge in [0, 0.05) is 24.5 Å². The molecule has 0 bridgehead atoms. The zero-order chi connectivity index (χ0) is 14.4. The first kappa shape index (κ1) is 15.9. The normalized spacial score (nSPS) is 20.4. The van der Waals surface area contributed by atoms with Crippen molar-refractivity contribution in [3.05, 3.63) is 15.6 Å². The molecule has 0 spiro atoms. The lowest BCUT2D eigenvalue weighted by Gasteiger charge is -2.30. The average Bonchev–Trinajstić information content (AvgIpc) is 2.89. The number of aromatic nitrogens is 1. The molecule has 1 aromatic heterocycles. The number of nitrogens with one attached hydrogen (secondary N) is 1. The van der Waals surface area contributed by atoms with E-state index in [0.29, 0.717) is 0 Å². The van der Waals surface area contributed by atoms with Gasteiger partial charge in [-0.2, -0.15) is 0 Å². The minimum Gasteiger partial charge on any atom is -0.368 e. The lowest BCUT2D eigenvalue weighted by Crippen LogP contribution is -2.38. The number of ether oxygens (including phenoxy) is 1. The van der Waals surface area contributed by atoms with Gasteiger partial charge in [0.15, 0.2) is 0 Å². The second kappa shape index (κ2) is 8.08. The van der Waals surface area contributed by atoms with Gasteiger partial charge < -0.3 is 10.1 Å². The smallest absolute Gasteiger partial charge is 0.123 e. The molecule has 1 aliphatic heterocycles. The molecular weight excluding hydrogens is 270 g/mol. The second-order valence-corrected chi connectivity index (χ2v) is 6.32. The highest BCUT2D eigenvalue weighted by atomic mass is 32.1. The number of hydrogen-bond acceptors (Lipinski definition) is 5. The van der Waals surface area contributed by atoms with Crippen LogP contribution < -0.4 is 5.32 Å². The summed E-state index contributed by atoms with van der Waals surface area (Å²) in [5.41, 5.74) is 1.27. The average molecular weight is 297 g/mol. The Labute approximate surface area is 126 Å². The molecule has 1 aromatic rings. The third-order valence-corrected chi connectivity index (χ3v) is 4.88. The lowest BCUT2D eigenvalue weighted by molar-refractivity contribution is -0.0283. The van der Waals surface area contributed by atoms with Gasteiger partial charge in [-0.3, -0.25) is 4.90 Å². The van der Waals surface area contributed by atoms with Gasteiger partial charge in [-0.15, -0.1) is 11.3 Å². The number of likely N-dealkylation sites (N-methyl/N-ethyl adjacent to an activating group) is 1. The van der Waals surface area contributed by atoms with Crippen LogP contribution in [-0.4, -0.2) is 42.7 Å². The number of hydrogen-bond donors (Lipinski definition) is 1. The summed E-state index contributed by atoms with van der Waals surface area (Å²) in [7, 11) is 0. The van der Waals surface area contributed by atoms with Crippen LogP contribution in [0.15, 0.2) is 0 Å². The third-order valence-electron chi connectivity index (χ3n) is 3.69. The van der Waals surface area contributed by atoms with Gasteiger partial charge in [0.25, 0.3) is 0 Å². The van der Waals surface area contributed by atoms with Crippen LogP contribution in [-0.2, 0) is 17.7 Å². The second-order valence-electron chi connectivity index (χ2n) is 5.20. The van der Waals surface area contributed by atoms with Gasteiger partial charge in [-0.1, -0.05) is 27.2 Å². The van der Waals surface area contributed by atoms with Crippen molar-refractivity contribution >= 4 is 11.3 Å². The molecule has 2 rings (SSSR count). The van der Waals surface area contributed by atoms with Gasteiger partial charge in [0.1, 0.15) is 11.1 Å². The molecule has 20 heavy (non-hydrogen) atoms. The van der Waals surface area contributed by atoms with Crippen LogP contribution in [0.25, 0.3) is 0 Å². The first-order valence-corrected chi connectivity index (χ1v) is 8.63. The SMILES string of the molecule is CCCc1nc(C2CN(CC)CCO2)sc1CNCC. The van der Waals surface area contributed by atoms with Crippen LogP contribution in [0.3, 0.4) is 0 Å². The first-order chi connectivity index (χ1) is 9.78. The lowest BCUT2D eigenvalue weighted by atomic mass is 10.2. The molecule has 1 saturated heterocycles. The Bertz CT molecular complexity index is 408. The van der Waals surface area contributed by atoms with Gasteiger partial charge in [-0.05, 0) is 19.5 Å². The number of aryl methyl sites for hydroxylation is 1. The fourth-order valence-electron chi connectivity index (χ4n) is 2.49. The standard InChI is InChI=1S/C15H27N3OS/c1-4-7-12-14(10-16-5-2)20-15(17-12)13-11-18(6-3)8-9-19-13/h13,16H,4-11H2,1-3H3.